The van der Waals surface area contributed by atoms with E-state index in [9.17, 15) is 9.18 Å². The number of benzene rings is 1. The van der Waals surface area contributed by atoms with Crippen molar-refractivity contribution in [2.24, 2.45) is 5.73 Å². The molecule has 1 amide bonds. The SMILES string of the molecule is Cc1cc(F)ccc1Nc1ncc(N)cc1C(N)=O. The van der Waals surface area contributed by atoms with Gasteiger partial charge in [0.15, 0.2) is 0 Å². The van der Waals surface area contributed by atoms with Gasteiger partial charge in [0.05, 0.1) is 17.4 Å². The Morgan fingerprint density at radius 3 is 2.74 bits per heavy atom. The van der Waals surface area contributed by atoms with Crippen molar-refractivity contribution in [3.05, 3.63) is 47.4 Å². The van der Waals surface area contributed by atoms with Crippen molar-refractivity contribution in [1.29, 1.82) is 0 Å². The lowest BCUT2D eigenvalue weighted by Crippen LogP contribution is -2.15. The minimum absolute atomic E-state index is 0.184. The van der Waals surface area contributed by atoms with E-state index in [-0.39, 0.29) is 17.2 Å². The minimum Gasteiger partial charge on any atom is -0.397 e. The van der Waals surface area contributed by atoms with E-state index < -0.39 is 5.91 Å². The summed E-state index contributed by atoms with van der Waals surface area (Å²) in [6.45, 7) is 1.74. The van der Waals surface area contributed by atoms with E-state index in [4.69, 9.17) is 11.5 Å². The summed E-state index contributed by atoms with van der Waals surface area (Å²) in [4.78, 5) is 15.4. The van der Waals surface area contributed by atoms with Crippen LogP contribution in [-0.2, 0) is 0 Å². The number of hydrogen-bond donors (Lipinski definition) is 3. The first-order valence-electron chi connectivity index (χ1n) is 5.56. The molecule has 0 spiro atoms. The average molecular weight is 260 g/mol. The first-order chi connectivity index (χ1) is 8.97. The van der Waals surface area contributed by atoms with Gasteiger partial charge in [-0.05, 0) is 36.8 Å². The number of nitrogens with one attached hydrogen (secondary N) is 1. The van der Waals surface area contributed by atoms with Gasteiger partial charge in [-0.15, -0.1) is 0 Å². The van der Waals surface area contributed by atoms with Gasteiger partial charge in [-0.25, -0.2) is 9.37 Å². The van der Waals surface area contributed by atoms with E-state index in [2.05, 4.69) is 10.3 Å². The Morgan fingerprint density at radius 1 is 1.37 bits per heavy atom. The van der Waals surface area contributed by atoms with Gasteiger partial charge in [-0.3, -0.25) is 4.79 Å². The van der Waals surface area contributed by atoms with Crippen molar-refractivity contribution < 1.29 is 9.18 Å². The molecule has 1 aromatic heterocycles. The number of rotatable bonds is 3. The molecule has 1 heterocycles. The first-order valence-corrected chi connectivity index (χ1v) is 5.56. The highest BCUT2D eigenvalue weighted by Crippen LogP contribution is 2.23. The van der Waals surface area contributed by atoms with Crippen LogP contribution in [0.25, 0.3) is 0 Å². The molecule has 19 heavy (non-hydrogen) atoms. The summed E-state index contributed by atoms with van der Waals surface area (Å²) in [6, 6.07) is 5.70. The van der Waals surface area contributed by atoms with E-state index in [0.717, 1.165) is 0 Å². The number of hydrogen-bond acceptors (Lipinski definition) is 4. The molecule has 2 rings (SSSR count). The standard InChI is InChI=1S/C13H13FN4O/c1-7-4-8(14)2-3-11(7)18-13-10(12(16)19)5-9(15)6-17-13/h2-6H,15H2,1H3,(H2,16,19)(H,17,18). The fraction of sp³-hybridized carbons (Fsp3) is 0.0769. The molecule has 0 aliphatic rings. The summed E-state index contributed by atoms with van der Waals surface area (Å²) < 4.78 is 13.0. The smallest absolute Gasteiger partial charge is 0.252 e. The molecule has 0 unspecified atom stereocenters. The predicted octanol–water partition coefficient (Wildman–Crippen LogP) is 1.95. The Kier molecular flexibility index (Phi) is 3.33. The second-order valence-corrected chi connectivity index (χ2v) is 4.11. The summed E-state index contributed by atoms with van der Waals surface area (Å²) in [7, 11) is 0. The van der Waals surface area contributed by atoms with Crippen LogP contribution < -0.4 is 16.8 Å². The molecule has 1 aromatic carbocycles. The zero-order chi connectivity index (χ0) is 14.0. The number of anilines is 3. The highest BCUT2D eigenvalue weighted by Gasteiger charge is 2.11. The molecule has 0 saturated carbocycles. The Hall–Kier alpha value is -2.63. The maximum atomic E-state index is 13.0. The molecule has 0 saturated heterocycles. The largest absolute Gasteiger partial charge is 0.397 e. The number of carbonyl (C=O) groups excluding carboxylic acids is 1. The second-order valence-electron chi connectivity index (χ2n) is 4.11. The molecule has 0 aliphatic carbocycles. The van der Waals surface area contributed by atoms with Crippen LogP contribution in [0.15, 0.2) is 30.5 Å². The van der Waals surface area contributed by atoms with Gasteiger partial charge in [-0.2, -0.15) is 0 Å². The van der Waals surface area contributed by atoms with Crippen molar-refractivity contribution in [3.63, 3.8) is 0 Å². The van der Waals surface area contributed by atoms with Crippen LogP contribution in [0.5, 0.6) is 0 Å². The van der Waals surface area contributed by atoms with Crippen LogP contribution in [0.2, 0.25) is 0 Å². The normalized spacial score (nSPS) is 10.2. The lowest BCUT2D eigenvalue weighted by molar-refractivity contribution is 0.100. The van der Waals surface area contributed by atoms with E-state index >= 15 is 0 Å². The number of aromatic nitrogens is 1. The monoisotopic (exact) mass is 260 g/mol. The molecule has 98 valence electrons. The third-order valence-corrected chi connectivity index (χ3v) is 2.62. The van der Waals surface area contributed by atoms with E-state index in [1.54, 1.807) is 13.0 Å². The van der Waals surface area contributed by atoms with Crippen LogP contribution in [0.1, 0.15) is 15.9 Å². The minimum atomic E-state index is -0.637. The van der Waals surface area contributed by atoms with Gasteiger partial charge >= 0.3 is 0 Å². The molecule has 0 aliphatic heterocycles. The van der Waals surface area contributed by atoms with E-state index in [1.165, 1.54) is 24.4 Å². The van der Waals surface area contributed by atoms with E-state index in [0.29, 0.717) is 16.9 Å². The molecule has 2 aromatic rings. The van der Waals surface area contributed by atoms with Crippen molar-refractivity contribution in [3.8, 4) is 0 Å². The summed E-state index contributed by atoms with van der Waals surface area (Å²) in [6.07, 6.45) is 1.41. The average Bonchev–Trinajstić information content (AvgIpc) is 2.34. The Balaban J connectivity index is 2.40. The lowest BCUT2D eigenvalue weighted by Gasteiger charge is -2.11. The molecule has 5 nitrogen and oxygen atoms in total. The lowest BCUT2D eigenvalue weighted by atomic mass is 10.1. The van der Waals surface area contributed by atoms with Crippen LogP contribution in [0.4, 0.5) is 21.6 Å². The van der Waals surface area contributed by atoms with Crippen LogP contribution >= 0.6 is 0 Å². The zero-order valence-electron chi connectivity index (χ0n) is 10.3. The van der Waals surface area contributed by atoms with Crippen molar-refractivity contribution in [1.82, 2.24) is 4.98 Å². The van der Waals surface area contributed by atoms with Gasteiger partial charge < -0.3 is 16.8 Å². The Morgan fingerprint density at radius 2 is 2.11 bits per heavy atom. The first kappa shape index (κ1) is 12.8. The van der Waals surface area contributed by atoms with Gasteiger partial charge in [0.2, 0.25) is 0 Å². The fourth-order valence-corrected chi connectivity index (χ4v) is 1.66. The van der Waals surface area contributed by atoms with Gasteiger partial charge in [-0.1, -0.05) is 0 Å². The second kappa shape index (κ2) is 4.93. The topological polar surface area (TPSA) is 94.0 Å². The fourth-order valence-electron chi connectivity index (χ4n) is 1.66. The molecule has 6 heteroatoms. The molecule has 0 fully saturated rings. The molecular formula is C13H13FN4O. The predicted molar refractivity (Wildman–Crippen MR) is 71.6 cm³/mol. The summed E-state index contributed by atoms with van der Waals surface area (Å²) in [5.41, 5.74) is 12.7. The van der Waals surface area contributed by atoms with Gasteiger partial charge in [0.1, 0.15) is 11.6 Å². The highest BCUT2D eigenvalue weighted by atomic mass is 19.1. The highest BCUT2D eigenvalue weighted by molar-refractivity contribution is 5.99. The third kappa shape index (κ3) is 2.79. The van der Waals surface area contributed by atoms with Gasteiger partial charge in [0.25, 0.3) is 5.91 Å². The number of nitrogens with two attached hydrogens (primary N) is 2. The number of aryl methyl sites for hydroxylation is 1. The number of nitrogen functional groups attached to an aromatic ring is 1. The quantitative estimate of drug-likeness (QED) is 0.786. The Labute approximate surface area is 109 Å². The summed E-state index contributed by atoms with van der Waals surface area (Å²) in [5, 5.41) is 2.94. The van der Waals surface area contributed by atoms with Crippen LogP contribution in [0, 0.1) is 12.7 Å². The zero-order valence-corrected chi connectivity index (χ0v) is 10.3. The molecular weight excluding hydrogens is 247 g/mol. The number of carbonyl (C=O) groups is 1. The summed E-state index contributed by atoms with van der Waals surface area (Å²) in [5.74, 6) is -0.679. The maximum absolute atomic E-state index is 13.0. The molecule has 5 N–H and O–H groups in total. The number of halogens is 1. The number of amides is 1. The molecule has 0 atom stereocenters. The van der Waals surface area contributed by atoms with Crippen LogP contribution in [0.3, 0.4) is 0 Å². The molecule has 0 radical (unpaired) electrons. The maximum Gasteiger partial charge on any atom is 0.252 e. The molecule has 0 bridgehead atoms. The van der Waals surface area contributed by atoms with Crippen molar-refractivity contribution in [2.75, 3.05) is 11.1 Å². The summed E-state index contributed by atoms with van der Waals surface area (Å²) >= 11 is 0. The third-order valence-electron chi connectivity index (χ3n) is 2.62. The number of primary amides is 1. The van der Waals surface area contributed by atoms with E-state index in [1.807, 2.05) is 0 Å². The van der Waals surface area contributed by atoms with Gasteiger partial charge in [0, 0.05) is 5.69 Å². The van der Waals surface area contributed by atoms with Crippen molar-refractivity contribution in [2.45, 2.75) is 6.92 Å². The number of nitrogens with zero attached hydrogens (tertiary/aromatic N) is 1. The Bertz CT molecular complexity index is 643. The van der Waals surface area contributed by atoms with Crippen molar-refractivity contribution >= 4 is 23.1 Å². The number of pyridine rings is 1. The van der Waals surface area contributed by atoms with Crippen LogP contribution in [-0.4, -0.2) is 10.9 Å².